The summed E-state index contributed by atoms with van der Waals surface area (Å²) < 4.78 is 0. The Morgan fingerprint density at radius 3 is 1.94 bits per heavy atom. The van der Waals surface area contributed by atoms with Crippen LogP contribution in [0.5, 0.6) is 0 Å². The van der Waals surface area contributed by atoms with Crippen LogP contribution in [0, 0.1) is 0 Å². The van der Waals surface area contributed by atoms with E-state index in [0.717, 1.165) is 0 Å². The number of primary amides is 1. The Labute approximate surface area is 108 Å². The molecule has 0 aromatic carbocycles. The van der Waals surface area contributed by atoms with Crippen LogP contribution in [0.25, 0.3) is 0 Å². The van der Waals surface area contributed by atoms with Gasteiger partial charge in [0.2, 0.25) is 11.8 Å². The second-order valence-electron chi connectivity index (χ2n) is 3.50. The number of nitrogens with zero attached hydrogens (tertiary/aromatic N) is 1. The summed E-state index contributed by atoms with van der Waals surface area (Å²) in [6, 6.07) is 0. The van der Waals surface area contributed by atoms with Gasteiger partial charge < -0.3 is 10.6 Å². The molecule has 0 rings (SSSR count). The molecule has 0 radical (unpaired) electrons. The standard InChI is InChI=1S/C10H20N2O2S2/c11-9(13)3-1-2-4-10(14)12(5-7-15)6-8-16/h15-16H,1-8H2,(H2,11,13). The van der Waals surface area contributed by atoms with Crippen molar-refractivity contribution in [1.29, 1.82) is 0 Å². The zero-order valence-corrected chi connectivity index (χ0v) is 11.2. The first-order valence-electron chi connectivity index (χ1n) is 5.39. The third-order valence-electron chi connectivity index (χ3n) is 2.16. The molecule has 0 aromatic heterocycles. The number of unbranched alkanes of at least 4 members (excludes halogenated alkanes) is 1. The predicted molar refractivity (Wildman–Crippen MR) is 71.9 cm³/mol. The van der Waals surface area contributed by atoms with Gasteiger partial charge >= 0.3 is 0 Å². The lowest BCUT2D eigenvalue weighted by atomic mass is 10.1. The van der Waals surface area contributed by atoms with Crippen molar-refractivity contribution >= 4 is 37.1 Å². The zero-order chi connectivity index (χ0) is 12.4. The minimum Gasteiger partial charge on any atom is -0.370 e. The molecule has 0 atom stereocenters. The van der Waals surface area contributed by atoms with E-state index in [4.69, 9.17) is 5.73 Å². The van der Waals surface area contributed by atoms with Gasteiger partial charge in [0.25, 0.3) is 0 Å². The number of hydrogen-bond acceptors (Lipinski definition) is 4. The van der Waals surface area contributed by atoms with Crippen molar-refractivity contribution in [2.45, 2.75) is 25.7 Å². The molecule has 6 heteroatoms. The number of hydrogen-bond donors (Lipinski definition) is 3. The largest absolute Gasteiger partial charge is 0.370 e. The molecular weight excluding hydrogens is 244 g/mol. The van der Waals surface area contributed by atoms with Crippen molar-refractivity contribution in [2.75, 3.05) is 24.6 Å². The van der Waals surface area contributed by atoms with Crippen molar-refractivity contribution in [3.05, 3.63) is 0 Å². The molecule has 16 heavy (non-hydrogen) atoms. The van der Waals surface area contributed by atoms with Crippen LogP contribution >= 0.6 is 25.3 Å². The van der Waals surface area contributed by atoms with E-state index < -0.39 is 0 Å². The summed E-state index contributed by atoms with van der Waals surface area (Å²) in [6.45, 7) is 1.30. The predicted octanol–water partition coefficient (Wildman–Crippen LogP) is 0.720. The first-order chi connectivity index (χ1) is 7.61. The first-order valence-corrected chi connectivity index (χ1v) is 6.66. The number of amides is 2. The highest BCUT2D eigenvalue weighted by Gasteiger charge is 2.11. The first kappa shape index (κ1) is 15.6. The Kier molecular flexibility index (Phi) is 9.62. The second-order valence-corrected chi connectivity index (χ2v) is 4.40. The maximum Gasteiger partial charge on any atom is 0.222 e. The van der Waals surface area contributed by atoms with Gasteiger partial charge in [0.05, 0.1) is 0 Å². The highest BCUT2D eigenvalue weighted by molar-refractivity contribution is 7.80. The van der Waals surface area contributed by atoms with Crippen molar-refractivity contribution < 1.29 is 9.59 Å². The van der Waals surface area contributed by atoms with E-state index in [9.17, 15) is 9.59 Å². The SMILES string of the molecule is NC(=O)CCCCC(=O)N(CCS)CCS. The number of rotatable bonds is 9. The van der Waals surface area contributed by atoms with Gasteiger partial charge in [-0.15, -0.1) is 0 Å². The third-order valence-corrected chi connectivity index (χ3v) is 2.56. The maximum absolute atomic E-state index is 11.7. The van der Waals surface area contributed by atoms with Crippen LogP contribution in [-0.4, -0.2) is 41.3 Å². The number of nitrogens with two attached hydrogens (primary N) is 1. The van der Waals surface area contributed by atoms with Gasteiger partial charge in [-0.05, 0) is 12.8 Å². The molecule has 0 heterocycles. The molecule has 0 saturated heterocycles. The van der Waals surface area contributed by atoms with Crippen molar-refractivity contribution in [3.8, 4) is 0 Å². The Morgan fingerprint density at radius 1 is 1.00 bits per heavy atom. The lowest BCUT2D eigenvalue weighted by Gasteiger charge is -2.20. The van der Waals surface area contributed by atoms with E-state index in [2.05, 4.69) is 25.3 Å². The van der Waals surface area contributed by atoms with Crippen LogP contribution in [0.2, 0.25) is 0 Å². The van der Waals surface area contributed by atoms with Gasteiger partial charge in [-0.2, -0.15) is 25.3 Å². The zero-order valence-electron chi connectivity index (χ0n) is 9.39. The monoisotopic (exact) mass is 264 g/mol. The maximum atomic E-state index is 11.7. The third kappa shape index (κ3) is 7.87. The molecule has 94 valence electrons. The second kappa shape index (κ2) is 9.84. The van der Waals surface area contributed by atoms with E-state index in [-0.39, 0.29) is 11.8 Å². The molecule has 4 nitrogen and oxygen atoms in total. The lowest BCUT2D eigenvalue weighted by Crippen LogP contribution is -2.34. The highest BCUT2D eigenvalue weighted by atomic mass is 32.1. The number of carbonyl (C=O) groups excluding carboxylic acids is 2. The molecule has 0 aliphatic rings. The number of thiol groups is 2. The molecule has 0 unspecified atom stereocenters. The van der Waals surface area contributed by atoms with Crippen molar-refractivity contribution in [1.82, 2.24) is 4.90 Å². The van der Waals surface area contributed by atoms with Crippen LogP contribution in [0.15, 0.2) is 0 Å². The fourth-order valence-corrected chi connectivity index (χ4v) is 1.82. The quantitative estimate of drug-likeness (QED) is 0.424. The average molecular weight is 264 g/mol. The molecule has 0 bridgehead atoms. The fraction of sp³-hybridized carbons (Fsp3) is 0.800. The van der Waals surface area contributed by atoms with Gasteiger partial charge in [0.15, 0.2) is 0 Å². The molecule has 0 spiro atoms. The average Bonchev–Trinajstić information content (AvgIpc) is 2.23. The molecule has 2 amide bonds. The molecule has 2 N–H and O–H groups in total. The topological polar surface area (TPSA) is 63.4 Å². The van der Waals surface area contributed by atoms with Crippen LogP contribution in [0.3, 0.4) is 0 Å². The highest BCUT2D eigenvalue weighted by Crippen LogP contribution is 2.04. The molecule has 0 aliphatic heterocycles. The molecule has 0 aliphatic carbocycles. The van der Waals surface area contributed by atoms with Crippen LogP contribution in [-0.2, 0) is 9.59 Å². The van der Waals surface area contributed by atoms with Crippen LogP contribution < -0.4 is 5.73 Å². The summed E-state index contributed by atoms with van der Waals surface area (Å²) in [7, 11) is 0. The summed E-state index contributed by atoms with van der Waals surface area (Å²) in [5, 5.41) is 0. The minimum absolute atomic E-state index is 0.104. The van der Waals surface area contributed by atoms with Crippen molar-refractivity contribution in [2.24, 2.45) is 5.73 Å². The van der Waals surface area contributed by atoms with Gasteiger partial charge in [-0.1, -0.05) is 0 Å². The van der Waals surface area contributed by atoms with E-state index in [1.807, 2.05) is 0 Å². The normalized spacial score (nSPS) is 10.1. The minimum atomic E-state index is -0.310. The van der Waals surface area contributed by atoms with Gasteiger partial charge in [0.1, 0.15) is 0 Å². The van der Waals surface area contributed by atoms with Gasteiger partial charge in [-0.25, -0.2) is 0 Å². The van der Waals surface area contributed by atoms with Gasteiger partial charge in [-0.3, -0.25) is 9.59 Å². The lowest BCUT2D eigenvalue weighted by molar-refractivity contribution is -0.131. The Morgan fingerprint density at radius 2 is 1.50 bits per heavy atom. The summed E-state index contributed by atoms with van der Waals surface area (Å²) in [4.78, 5) is 24.0. The fourth-order valence-electron chi connectivity index (χ4n) is 1.34. The van der Waals surface area contributed by atoms with Crippen molar-refractivity contribution in [3.63, 3.8) is 0 Å². The summed E-state index contributed by atoms with van der Waals surface area (Å²) in [6.07, 6.45) is 2.20. The molecule has 0 saturated carbocycles. The van der Waals surface area contributed by atoms with E-state index in [0.29, 0.717) is 50.3 Å². The Hall–Kier alpha value is -0.360. The van der Waals surface area contributed by atoms with Crippen LogP contribution in [0.4, 0.5) is 0 Å². The van der Waals surface area contributed by atoms with Crippen LogP contribution in [0.1, 0.15) is 25.7 Å². The summed E-state index contributed by atoms with van der Waals surface area (Å²) >= 11 is 8.21. The molecular formula is C10H20N2O2S2. The summed E-state index contributed by atoms with van der Waals surface area (Å²) in [5.41, 5.74) is 5.01. The Bertz CT molecular complexity index is 219. The van der Waals surface area contributed by atoms with E-state index in [1.165, 1.54) is 0 Å². The summed E-state index contributed by atoms with van der Waals surface area (Å²) in [5.74, 6) is 1.10. The Balaban J connectivity index is 3.77. The number of carbonyl (C=O) groups is 2. The molecule has 0 fully saturated rings. The van der Waals surface area contributed by atoms with E-state index >= 15 is 0 Å². The molecule has 0 aromatic rings. The van der Waals surface area contributed by atoms with Gasteiger partial charge in [0, 0.05) is 37.4 Å². The smallest absolute Gasteiger partial charge is 0.222 e. The van der Waals surface area contributed by atoms with E-state index in [1.54, 1.807) is 4.90 Å².